The molecule has 1 heterocycles. The minimum Gasteiger partial charge on any atom is -0.368 e. The highest BCUT2D eigenvalue weighted by atomic mass is 16.2. The number of amides is 1. The van der Waals surface area contributed by atoms with Crippen LogP contribution in [0, 0.1) is 13.8 Å². The van der Waals surface area contributed by atoms with E-state index in [4.69, 9.17) is 5.73 Å². The van der Waals surface area contributed by atoms with Crippen molar-refractivity contribution in [2.75, 3.05) is 29.5 Å². The zero-order chi connectivity index (χ0) is 22.2. The van der Waals surface area contributed by atoms with Crippen LogP contribution in [0.2, 0.25) is 0 Å². The van der Waals surface area contributed by atoms with Crippen LogP contribution in [0.3, 0.4) is 0 Å². The first-order valence-electron chi connectivity index (χ1n) is 10.5. The van der Waals surface area contributed by atoms with Crippen molar-refractivity contribution in [3.63, 3.8) is 0 Å². The van der Waals surface area contributed by atoms with Crippen LogP contribution in [0.25, 0.3) is 0 Å². The highest BCUT2D eigenvalue weighted by Crippen LogP contribution is 2.17. The number of para-hydroxylation sites is 2. The molecule has 3 aromatic rings. The van der Waals surface area contributed by atoms with Gasteiger partial charge in [-0.2, -0.15) is 15.0 Å². The molecule has 1 unspecified atom stereocenters. The zero-order valence-corrected chi connectivity index (χ0v) is 18.3. The third kappa shape index (κ3) is 6.48. The second-order valence-corrected chi connectivity index (χ2v) is 7.59. The topological polar surface area (TPSA) is 110 Å². The quantitative estimate of drug-likeness (QED) is 0.423. The first-order chi connectivity index (χ1) is 14.9. The first kappa shape index (κ1) is 22.2. The first-order valence-corrected chi connectivity index (χ1v) is 10.5. The van der Waals surface area contributed by atoms with Gasteiger partial charge in [-0.1, -0.05) is 43.3 Å². The van der Waals surface area contributed by atoms with Crippen LogP contribution in [-0.2, 0) is 11.3 Å². The lowest BCUT2D eigenvalue weighted by atomic mass is 10.2. The van der Waals surface area contributed by atoms with Crippen LogP contribution in [0.5, 0.6) is 0 Å². The molecule has 3 rings (SSSR count). The van der Waals surface area contributed by atoms with Crippen LogP contribution in [0.4, 0.5) is 23.3 Å². The highest BCUT2D eigenvalue weighted by molar-refractivity contribution is 5.92. The molecule has 0 aliphatic carbocycles. The Morgan fingerprint density at radius 2 is 1.61 bits per heavy atom. The molecule has 0 bridgehead atoms. The summed E-state index contributed by atoms with van der Waals surface area (Å²) in [6.07, 6.45) is 0.932. The summed E-state index contributed by atoms with van der Waals surface area (Å²) in [7, 11) is 0. The summed E-state index contributed by atoms with van der Waals surface area (Å²) < 4.78 is 0. The van der Waals surface area contributed by atoms with E-state index >= 15 is 0 Å². The van der Waals surface area contributed by atoms with Crippen LogP contribution in [-0.4, -0.2) is 33.9 Å². The molecule has 0 spiro atoms. The van der Waals surface area contributed by atoms with Gasteiger partial charge in [0.05, 0.1) is 6.54 Å². The molecule has 0 saturated carbocycles. The number of aromatic nitrogens is 3. The number of nitrogens with zero attached hydrogens (tertiary/aromatic N) is 3. The van der Waals surface area contributed by atoms with Crippen molar-refractivity contribution in [3.05, 3.63) is 65.5 Å². The number of hydrogen-bond donors (Lipinski definition) is 4. The molecule has 1 aromatic heterocycles. The van der Waals surface area contributed by atoms with E-state index in [1.807, 2.05) is 62.4 Å². The van der Waals surface area contributed by atoms with Crippen molar-refractivity contribution in [1.29, 1.82) is 0 Å². The monoisotopic (exact) mass is 420 g/mol. The predicted octanol–water partition coefficient (Wildman–Crippen LogP) is 2.25. The zero-order valence-electron chi connectivity index (χ0n) is 18.3. The van der Waals surface area contributed by atoms with E-state index in [9.17, 15) is 4.79 Å². The van der Waals surface area contributed by atoms with E-state index < -0.39 is 0 Å². The fourth-order valence-electron chi connectivity index (χ4n) is 3.36. The van der Waals surface area contributed by atoms with Gasteiger partial charge in [-0.25, -0.2) is 0 Å². The van der Waals surface area contributed by atoms with E-state index in [0.717, 1.165) is 40.4 Å². The molecule has 0 aliphatic heterocycles. The molecule has 8 heteroatoms. The number of quaternary nitrogens is 1. The molecule has 31 heavy (non-hydrogen) atoms. The number of carbonyl (C=O) groups excluding carboxylic acids is 1. The Labute approximate surface area is 182 Å². The van der Waals surface area contributed by atoms with E-state index in [-0.39, 0.29) is 11.9 Å². The maximum Gasteiger partial charge on any atom is 0.279 e. The average Bonchev–Trinajstić information content (AvgIpc) is 2.71. The van der Waals surface area contributed by atoms with E-state index in [1.165, 1.54) is 0 Å². The molecule has 0 aliphatic rings. The Hall–Kier alpha value is -3.52. The number of nitrogen functional groups attached to an aromatic ring is 1. The second kappa shape index (κ2) is 10.5. The van der Waals surface area contributed by atoms with Gasteiger partial charge in [0.15, 0.2) is 12.4 Å². The summed E-state index contributed by atoms with van der Waals surface area (Å²) in [5.41, 5.74) is 9.78. The second-order valence-electron chi connectivity index (χ2n) is 7.59. The number of nitrogens with two attached hydrogens (primary N) is 1. The summed E-state index contributed by atoms with van der Waals surface area (Å²) in [5, 5.41) is 6.20. The molecule has 5 N–H and O–H groups in total. The fourth-order valence-corrected chi connectivity index (χ4v) is 3.36. The Morgan fingerprint density at radius 1 is 0.968 bits per heavy atom. The maximum atomic E-state index is 12.6. The smallest absolute Gasteiger partial charge is 0.279 e. The third-order valence-corrected chi connectivity index (χ3v) is 4.93. The number of hydrogen-bond acceptors (Lipinski definition) is 6. The van der Waals surface area contributed by atoms with Gasteiger partial charge in [-0.05, 0) is 43.5 Å². The predicted molar refractivity (Wildman–Crippen MR) is 123 cm³/mol. The molecule has 162 valence electrons. The molecule has 0 radical (unpaired) electrons. The van der Waals surface area contributed by atoms with Crippen molar-refractivity contribution < 1.29 is 9.69 Å². The number of aryl methyl sites for hydroxylation is 2. The maximum absolute atomic E-state index is 12.6. The summed E-state index contributed by atoms with van der Waals surface area (Å²) >= 11 is 0. The summed E-state index contributed by atoms with van der Waals surface area (Å²) in [5.74, 6) is 1.06. The third-order valence-electron chi connectivity index (χ3n) is 4.93. The minimum atomic E-state index is -0.0435. The van der Waals surface area contributed by atoms with Gasteiger partial charge >= 0.3 is 0 Å². The molecule has 1 atom stereocenters. The van der Waals surface area contributed by atoms with E-state index in [2.05, 4.69) is 32.5 Å². The van der Waals surface area contributed by atoms with Crippen molar-refractivity contribution >= 4 is 29.2 Å². The van der Waals surface area contributed by atoms with Crippen LogP contribution < -0.4 is 21.3 Å². The van der Waals surface area contributed by atoms with E-state index in [0.29, 0.717) is 24.9 Å². The van der Waals surface area contributed by atoms with Gasteiger partial charge in [-0.3, -0.25) is 4.79 Å². The number of benzene rings is 2. The largest absolute Gasteiger partial charge is 0.368 e. The molecular weight excluding hydrogens is 390 g/mol. The lowest BCUT2D eigenvalue weighted by molar-refractivity contribution is -0.906. The van der Waals surface area contributed by atoms with Gasteiger partial charge in [0, 0.05) is 11.4 Å². The molecule has 0 fully saturated rings. The Balaban J connectivity index is 1.70. The summed E-state index contributed by atoms with van der Waals surface area (Å²) in [6, 6.07) is 15.6. The lowest BCUT2D eigenvalue weighted by Gasteiger charge is -2.18. The number of nitrogens with one attached hydrogen (secondary N) is 3. The molecular formula is C23H30N7O+. The van der Waals surface area contributed by atoms with Gasteiger partial charge in [0.2, 0.25) is 11.9 Å². The molecule has 8 nitrogen and oxygen atoms in total. The van der Waals surface area contributed by atoms with Crippen LogP contribution >= 0.6 is 0 Å². The number of anilines is 4. The van der Waals surface area contributed by atoms with Gasteiger partial charge < -0.3 is 21.3 Å². The Kier molecular flexibility index (Phi) is 7.50. The lowest BCUT2D eigenvalue weighted by Crippen LogP contribution is -3.11. The average molecular weight is 421 g/mol. The Bertz CT molecular complexity index is 1040. The van der Waals surface area contributed by atoms with Crippen LogP contribution in [0.1, 0.15) is 30.3 Å². The van der Waals surface area contributed by atoms with Crippen LogP contribution in [0.15, 0.2) is 48.5 Å². The SMILES string of the molecule is CCC[NH+](CC(=O)Nc1ccccc1C)Cc1nc(N)nc(Nc2ccccc2C)n1. The molecule has 1 amide bonds. The van der Waals surface area contributed by atoms with Gasteiger partial charge in [0.1, 0.15) is 6.54 Å². The van der Waals surface area contributed by atoms with Crippen molar-refractivity contribution in [1.82, 2.24) is 15.0 Å². The van der Waals surface area contributed by atoms with E-state index in [1.54, 1.807) is 0 Å². The molecule has 0 saturated heterocycles. The summed E-state index contributed by atoms with van der Waals surface area (Å²) in [4.78, 5) is 26.7. The summed E-state index contributed by atoms with van der Waals surface area (Å²) in [6.45, 7) is 7.68. The number of carbonyl (C=O) groups is 1. The fraction of sp³-hybridized carbons (Fsp3) is 0.304. The normalized spacial score (nSPS) is 11.7. The van der Waals surface area contributed by atoms with Crippen molar-refractivity contribution in [2.24, 2.45) is 0 Å². The van der Waals surface area contributed by atoms with Gasteiger partial charge in [0.25, 0.3) is 5.91 Å². The number of rotatable bonds is 9. The highest BCUT2D eigenvalue weighted by Gasteiger charge is 2.18. The Morgan fingerprint density at radius 3 is 2.26 bits per heavy atom. The van der Waals surface area contributed by atoms with Crippen molar-refractivity contribution in [2.45, 2.75) is 33.7 Å². The standard InChI is InChI=1S/C23H29N7O/c1-4-13-30(15-21(31)25-18-11-7-5-9-16(18)2)14-20-27-22(24)29-23(28-20)26-19-12-8-6-10-17(19)3/h5-12H,4,13-15H2,1-3H3,(H,25,31)(H3,24,26,27,28,29)/p+1. The molecule has 2 aromatic carbocycles. The minimum absolute atomic E-state index is 0.0435. The van der Waals surface area contributed by atoms with Crippen molar-refractivity contribution in [3.8, 4) is 0 Å². The van der Waals surface area contributed by atoms with Gasteiger partial charge in [-0.15, -0.1) is 0 Å².